The van der Waals surface area contributed by atoms with Gasteiger partial charge < -0.3 is 72.9 Å². The molecular weight excluding hydrogens is 768 g/mol. The van der Waals surface area contributed by atoms with Gasteiger partial charge in [-0.15, -0.1) is 0 Å². The second kappa shape index (κ2) is 22.5. The number of ether oxygens (including phenoxy) is 8. The van der Waals surface area contributed by atoms with Crippen LogP contribution in [0, 0.1) is 11.8 Å². The Morgan fingerprint density at radius 3 is 2.17 bits per heavy atom. The molecule has 0 amide bonds. The number of hydrogen-bond acceptors (Lipinski definition) is 16. The Labute approximate surface area is 351 Å². The van der Waals surface area contributed by atoms with Gasteiger partial charge in [-0.3, -0.25) is 4.79 Å². The highest BCUT2D eigenvalue weighted by molar-refractivity contribution is 5.70. The molecule has 59 heavy (non-hydrogen) atoms. The van der Waals surface area contributed by atoms with Crippen LogP contribution < -0.4 is 0 Å². The Morgan fingerprint density at radius 1 is 0.864 bits per heavy atom. The summed E-state index contributed by atoms with van der Waals surface area (Å²) in [5, 5.41) is 45.1. The van der Waals surface area contributed by atoms with Gasteiger partial charge in [0.15, 0.2) is 18.9 Å². The Balaban J connectivity index is 1.66. The molecule has 4 aliphatic rings. The minimum atomic E-state index is -1.47. The van der Waals surface area contributed by atoms with Crippen LogP contribution >= 0.6 is 0 Å². The summed E-state index contributed by atoms with van der Waals surface area (Å²) in [4.78, 5) is 29.5. The van der Waals surface area contributed by atoms with Crippen LogP contribution in [-0.2, 0) is 47.5 Å². The van der Waals surface area contributed by atoms with E-state index in [-0.39, 0.29) is 30.9 Å². The molecule has 0 aromatic heterocycles. The molecule has 0 aliphatic carbocycles. The molecule has 0 spiro atoms. The molecule has 3 fully saturated rings. The van der Waals surface area contributed by atoms with Gasteiger partial charge in [-0.05, 0) is 93.9 Å². The van der Waals surface area contributed by atoms with Crippen molar-refractivity contribution in [3.8, 4) is 0 Å². The number of esters is 1. The summed E-state index contributed by atoms with van der Waals surface area (Å²) in [6.07, 6.45) is -1.56. The van der Waals surface area contributed by atoms with Crippen LogP contribution in [0.4, 0.5) is 0 Å². The number of carbonyl (C=O) groups excluding carboxylic acids is 2. The molecule has 0 bridgehead atoms. The minimum absolute atomic E-state index is 0.00885. The first-order valence-electron chi connectivity index (χ1n) is 21.3. The Kier molecular flexibility index (Phi) is 18.9. The smallest absolute Gasteiger partial charge is 0.308 e. The number of methoxy groups -OCH3 is 1. The van der Waals surface area contributed by atoms with E-state index in [0.29, 0.717) is 19.3 Å². The number of carbonyl (C=O) groups is 2. The van der Waals surface area contributed by atoms with Gasteiger partial charge in [0, 0.05) is 32.4 Å². The van der Waals surface area contributed by atoms with E-state index in [0.717, 1.165) is 12.7 Å². The zero-order valence-electron chi connectivity index (χ0n) is 37.0. The highest BCUT2D eigenvalue weighted by Gasteiger charge is 2.52. The van der Waals surface area contributed by atoms with Crippen molar-refractivity contribution >= 4 is 12.3 Å². The van der Waals surface area contributed by atoms with Crippen molar-refractivity contribution in [1.82, 2.24) is 9.80 Å². The molecule has 16 nitrogen and oxygen atoms in total. The van der Waals surface area contributed by atoms with Gasteiger partial charge in [-0.2, -0.15) is 0 Å². The van der Waals surface area contributed by atoms with E-state index in [2.05, 4.69) is 4.90 Å². The fraction of sp³-hybridized carbons (Fsp3) is 0.860. The summed E-state index contributed by atoms with van der Waals surface area (Å²) in [5.41, 5.74) is -1.47. The molecule has 4 N–H and O–H groups in total. The van der Waals surface area contributed by atoms with Crippen LogP contribution in [-0.4, -0.2) is 181 Å². The number of nitrogens with zero attached hydrogens (tertiary/aromatic N) is 2. The quantitative estimate of drug-likeness (QED) is 0.175. The van der Waals surface area contributed by atoms with Crippen LogP contribution in [0.15, 0.2) is 24.3 Å². The molecule has 16 heteroatoms. The van der Waals surface area contributed by atoms with Crippen molar-refractivity contribution in [2.75, 3.05) is 35.3 Å². The van der Waals surface area contributed by atoms with Gasteiger partial charge in [-0.1, -0.05) is 31.2 Å². The third kappa shape index (κ3) is 13.3. The Morgan fingerprint density at radius 2 is 1.56 bits per heavy atom. The van der Waals surface area contributed by atoms with E-state index >= 15 is 0 Å². The van der Waals surface area contributed by atoms with Crippen molar-refractivity contribution in [2.24, 2.45) is 11.8 Å². The highest BCUT2D eigenvalue weighted by atomic mass is 16.7. The molecule has 4 heterocycles. The number of aldehydes is 1. The first-order valence-corrected chi connectivity index (χ1v) is 21.3. The van der Waals surface area contributed by atoms with Crippen molar-refractivity contribution < 1.29 is 67.9 Å². The van der Waals surface area contributed by atoms with E-state index in [1.807, 2.05) is 52.2 Å². The predicted molar refractivity (Wildman–Crippen MR) is 217 cm³/mol. The molecule has 4 aliphatic heterocycles. The molecule has 0 saturated carbocycles. The van der Waals surface area contributed by atoms with Gasteiger partial charge in [0.2, 0.25) is 0 Å². The van der Waals surface area contributed by atoms with E-state index in [9.17, 15) is 30.0 Å². The fourth-order valence-corrected chi connectivity index (χ4v) is 9.10. The number of cyclic esters (lactones) is 1. The zero-order valence-corrected chi connectivity index (χ0v) is 37.0. The van der Waals surface area contributed by atoms with Gasteiger partial charge in [0.1, 0.15) is 36.8 Å². The molecule has 19 atom stereocenters. The monoisotopic (exact) mass is 843 g/mol. The lowest BCUT2D eigenvalue weighted by Crippen LogP contribution is -2.65. The highest BCUT2D eigenvalue weighted by Crippen LogP contribution is 2.37. The van der Waals surface area contributed by atoms with Crippen LogP contribution in [0.25, 0.3) is 0 Å². The lowest BCUT2D eigenvalue weighted by molar-refractivity contribution is -0.344. The number of aliphatic hydroxyl groups excluding tert-OH is 3. The standard InChI is InChI=1S/C43H74N2O14/c1-24-21-29(19-20-46)39(59-42-37(49)36(45(9)10)38(27(4)56-42)58-35-23-43(6,51)41(50)28(5)55-35)40(52-11)31(47)22-33(48)53-25(2)15-13-12-14-16-32(24)57-34-18-17-30(44(7)8)26(3)54-34/h12-14,16,20,24-32,34-42,47,49-51H,15,17-19,21-23H2,1-11H3/b13-12-,16-14-/t24-,25-,26+,27+,28+,29+,30+,31+,32+,34+,35-,36+,37+,38-,39-,40-,41-,42-,43+/m1/s1. The van der Waals surface area contributed by atoms with Gasteiger partial charge >= 0.3 is 5.97 Å². The SMILES string of the molecule is CO[C@H]1[C@H](O[C@H]2O[C@@H](C)[C@@H](O[C@@H]3C[C@](C)(O)[C@H](O)[C@H](C)O3)[C@@H](N(C)C)[C@@H]2O)[C@@H](CC=O)C[C@@H](C)[C@@H](O[C@H]2CC[C@H](N(C)C)[C@H](C)O2)/C=C\C=C/C[C@@H](C)OC(=O)C[C@@H]1O. The van der Waals surface area contributed by atoms with Crippen LogP contribution in [0.3, 0.4) is 0 Å². The molecule has 0 radical (unpaired) electrons. The first kappa shape index (κ1) is 49.8. The summed E-state index contributed by atoms with van der Waals surface area (Å²) in [6.45, 7) is 10.8. The normalized spacial score (nSPS) is 45.8. The molecule has 0 unspecified atom stereocenters. The van der Waals surface area contributed by atoms with Gasteiger partial charge in [-0.25, -0.2) is 0 Å². The number of hydrogen-bond donors (Lipinski definition) is 4. The summed E-state index contributed by atoms with van der Waals surface area (Å²) in [5.74, 6) is -1.47. The summed E-state index contributed by atoms with van der Waals surface area (Å²) in [7, 11) is 9.03. The maximum atomic E-state index is 13.1. The summed E-state index contributed by atoms with van der Waals surface area (Å²) in [6, 6.07) is -0.466. The predicted octanol–water partition coefficient (Wildman–Crippen LogP) is 2.33. The average Bonchev–Trinajstić information content (AvgIpc) is 3.13. The van der Waals surface area contributed by atoms with Gasteiger partial charge in [0.25, 0.3) is 0 Å². The fourth-order valence-electron chi connectivity index (χ4n) is 9.10. The Bertz CT molecular complexity index is 1370. The molecule has 0 aromatic rings. The minimum Gasteiger partial charge on any atom is -0.462 e. The molecule has 340 valence electrons. The first-order chi connectivity index (χ1) is 27.8. The average molecular weight is 843 g/mol. The van der Waals surface area contributed by atoms with Gasteiger partial charge in [0.05, 0.1) is 54.7 Å². The van der Waals surface area contributed by atoms with E-state index in [1.165, 1.54) is 14.0 Å². The third-order valence-electron chi connectivity index (χ3n) is 12.4. The summed E-state index contributed by atoms with van der Waals surface area (Å²) < 4.78 is 50.0. The lowest BCUT2D eigenvalue weighted by atomic mass is 9.82. The van der Waals surface area contributed by atoms with Crippen molar-refractivity contribution in [1.29, 1.82) is 0 Å². The number of aliphatic hydroxyl groups is 4. The topological polar surface area (TPSA) is 195 Å². The van der Waals surface area contributed by atoms with E-state index in [4.69, 9.17) is 37.9 Å². The van der Waals surface area contributed by atoms with Crippen molar-refractivity contribution in [3.05, 3.63) is 24.3 Å². The molecular formula is C43H74N2O14. The lowest BCUT2D eigenvalue weighted by Gasteiger charge is -2.50. The second-order valence-corrected chi connectivity index (χ2v) is 17.8. The van der Waals surface area contributed by atoms with E-state index in [1.54, 1.807) is 39.8 Å². The molecule has 0 aromatic carbocycles. The summed E-state index contributed by atoms with van der Waals surface area (Å²) >= 11 is 0. The Hall–Kier alpha value is -1.90. The second-order valence-electron chi connectivity index (χ2n) is 17.8. The third-order valence-corrected chi connectivity index (χ3v) is 12.4. The zero-order chi connectivity index (χ0) is 43.8. The van der Waals surface area contributed by atoms with Crippen LogP contribution in [0.2, 0.25) is 0 Å². The van der Waals surface area contributed by atoms with E-state index < -0.39 is 110 Å². The van der Waals surface area contributed by atoms with Crippen molar-refractivity contribution in [2.45, 2.75) is 190 Å². The largest absolute Gasteiger partial charge is 0.462 e. The maximum absolute atomic E-state index is 13.1. The maximum Gasteiger partial charge on any atom is 0.308 e. The van der Waals surface area contributed by atoms with Crippen LogP contribution in [0.5, 0.6) is 0 Å². The number of likely N-dealkylation sites (N-methyl/N-ethyl adjacent to an activating group) is 2. The molecule has 3 saturated heterocycles. The number of rotatable bonds is 11. The number of allylic oxidation sites excluding steroid dienone is 2. The molecule has 4 rings (SSSR count). The van der Waals surface area contributed by atoms with Crippen LogP contribution in [0.1, 0.15) is 86.5 Å². The van der Waals surface area contributed by atoms with Crippen molar-refractivity contribution in [3.63, 3.8) is 0 Å².